The van der Waals surface area contributed by atoms with Gasteiger partial charge in [-0.05, 0) is 37.0 Å². The van der Waals surface area contributed by atoms with Crippen LogP contribution in [-0.4, -0.2) is 23.9 Å². The lowest BCUT2D eigenvalue weighted by Gasteiger charge is -2.23. The molecule has 0 saturated carbocycles. The van der Waals surface area contributed by atoms with E-state index < -0.39 is 4.92 Å². The van der Waals surface area contributed by atoms with Gasteiger partial charge in [-0.2, -0.15) is 0 Å². The van der Waals surface area contributed by atoms with Crippen molar-refractivity contribution in [2.45, 2.75) is 32.4 Å². The van der Waals surface area contributed by atoms with Gasteiger partial charge in [0.25, 0.3) is 11.6 Å². The quantitative estimate of drug-likeness (QED) is 0.616. The number of non-ortho nitro benzene ring substituents is 1. The van der Waals surface area contributed by atoms with E-state index in [9.17, 15) is 14.9 Å². The van der Waals surface area contributed by atoms with Crippen molar-refractivity contribution in [3.63, 3.8) is 0 Å². The summed E-state index contributed by atoms with van der Waals surface area (Å²) in [6.45, 7) is 4.02. The summed E-state index contributed by atoms with van der Waals surface area (Å²) in [6.07, 6.45) is 4.00. The number of piperidine rings is 1. The van der Waals surface area contributed by atoms with E-state index in [2.05, 4.69) is 29.6 Å². The van der Waals surface area contributed by atoms with E-state index >= 15 is 0 Å². The highest BCUT2D eigenvalue weighted by atomic mass is 16.6. The van der Waals surface area contributed by atoms with E-state index in [-0.39, 0.29) is 11.6 Å². The molecular weight excluding hydrogens is 330 g/mol. The number of rotatable bonds is 6. The normalized spacial score (nSPS) is 14.8. The van der Waals surface area contributed by atoms with Gasteiger partial charge in [0.05, 0.1) is 18.0 Å². The minimum atomic E-state index is -0.477. The minimum Gasteiger partial charge on any atom is -0.348 e. The Hall–Kier alpha value is -2.73. The molecule has 1 aliphatic heterocycles. The standard InChI is InChI=1S/C20H23N3O3/c24-20(18-8-10-19(11-9-18)23(25)26)21-14-16-4-6-17(7-5-16)15-22-12-2-1-3-13-22/h4-11H,1-3,12-15H2,(H,21,24)/p+1. The van der Waals surface area contributed by atoms with Gasteiger partial charge in [0.15, 0.2) is 0 Å². The Morgan fingerprint density at radius 3 is 2.19 bits per heavy atom. The van der Waals surface area contributed by atoms with Crippen LogP contribution in [0.5, 0.6) is 0 Å². The number of hydrogen-bond donors (Lipinski definition) is 2. The first-order valence-electron chi connectivity index (χ1n) is 9.06. The Morgan fingerprint density at radius 1 is 0.962 bits per heavy atom. The van der Waals surface area contributed by atoms with Crippen molar-refractivity contribution in [3.05, 3.63) is 75.3 Å². The van der Waals surface area contributed by atoms with Gasteiger partial charge in [-0.3, -0.25) is 14.9 Å². The molecule has 2 aromatic rings. The van der Waals surface area contributed by atoms with Crippen molar-refractivity contribution < 1.29 is 14.6 Å². The van der Waals surface area contributed by atoms with Crippen molar-refractivity contribution >= 4 is 11.6 Å². The van der Waals surface area contributed by atoms with Gasteiger partial charge in [0, 0.05) is 29.8 Å². The topological polar surface area (TPSA) is 76.7 Å². The third-order valence-corrected chi connectivity index (χ3v) is 4.83. The Morgan fingerprint density at radius 2 is 1.58 bits per heavy atom. The van der Waals surface area contributed by atoms with E-state index in [0.717, 1.165) is 12.1 Å². The highest BCUT2D eigenvalue weighted by Crippen LogP contribution is 2.12. The number of nitro benzene ring substituents is 1. The van der Waals surface area contributed by atoms with E-state index in [1.54, 1.807) is 4.90 Å². The van der Waals surface area contributed by atoms with E-state index in [1.807, 2.05) is 0 Å². The number of nitrogens with one attached hydrogen (secondary N) is 2. The highest BCUT2D eigenvalue weighted by Gasteiger charge is 2.14. The highest BCUT2D eigenvalue weighted by molar-refractivity contribution is 5.94. The molecule has 2 aromatic carbocycles. The summed E-state index contributed by atoms with van der Waals surface area (Å²) in [5.41, 5.74) is 2.76. The zero-order valence-electron chi connectivity index (χ0n) is 14.7. The molecule has 0 spiro atoms. The van der Waals surface area contributed by atoms with E-state index in [0.29, 0.717) is 12.1 Å². The van der Waals surface area contributed by atoms with Crippen LogP contribution >= 0.6 is 0 Å². The van der Waals surface area contributed by atoms with Gasteiger partial charge >= 0.3 is 0 Å². The summed E-state index contributed by atoms with van der Waals surface area (Å²) in [7, 11) is 0. The number of likely N-dealkylation sites (tertiary alicyclic amines) is 1. The van der Waals surface area contributed by atoms with Crippen molar-refractivity contribution in [1.82, 2.24) is 5.32 Å². The second-order valence-corrected chi connectivity index (χ2v) is 6.79. The van der Waals surface area contributed by atoms with Crippen LogP contribution in [0, 0.1) is 10.1 Å². The minimum absolute atomic E-state index is 0.0204. The summed E-state index contributed by atoms with van der Waals surface area (Å²) >= 11 is 0. The number of benzene rings is 2. The summed E-state index contributed by atoms with van der Waals surface area (Å²) < 4.78 is 0. The molecule has 1 amide bonds. The van der Waals surface area contributed by atoms with Gasteiger partial charge in [-0.25, -0.2) is 0 Å². The van der Waals surface area contributed by atoms with E-state index in [1.165, 1.54) is 62.2 Å². The molecule has 0 radical (unpaired) electrons. The van der Waals surface area contributed by atoms with Crippen molar-refractivity contribution in [2.75, 3.05) is 13.1 Å². The van der Waals surface area contributed by atoms with Crippen molar-refractivity contribution in [3.8, 4) is 0 Å². The molecular formula is C20H24N3O3+. The third kappa shape index (κ3) is 4.89. The zero-order chi connectivity index (χ0) is 18.4. The predicted octanol–water partition coefficient (Wildman–Crippen LogP) is 2.09. The van der Waals surface area contributed by atoms with Crippen LogP contribution in [-0.2, 0) is 13.1 Å². The maximum absolute atomic E-state index is 12.1. The van der Waals surface area contributed by atoms with Crippen LogP contribution in [0.3, 0.4) is 0 Å². The number of carbonyl (C=O) groups excluding carboxylic acids is 1. The monoisotopic (exact) mass is 354 g/mol. The molecule has 6 heteroatoms. The molecule has 1 fully saturated rings. The second-order valence-electron chi connectivity index (χ2n) is 6.79. The maximum Gasteiger partial charge on any atom is 0.269 e. The lowest BCUT2D eigenvalue weighted by Crippen LogP contribution is -3.11. The molecule has 0 atom stereocenters. The average molecular weight is 354 g/mol. The van der Waals surface area contributed by atoms with Gasteiger partial charge in [0.1, 0.15) is 6.54 Å². The third-order valence-electron chi connectivity index (χ3n) is 4.83. The Kier molecular flexibility index (Phi) is 5.96. The molecule has 136 valence electrons. The molecule has 26 heavy (non-hydrogen) atoms. The molecule has 1 heterocycles. The number of carbonyl (C=O) groups is 1. The van der Waals surface area contributed by atoms with Crippen LogP contribution in [0.2, 0.25) is 0 Å². The fourth-order valence-corrected chi connectivity index (χ4v) is 3.31. The molecule has 0 aromatic heterocycles. The maximum atomic E-state index is 12.1. The largest absolute Gasteiger partial charge is 0.348 e. The first kappa shape index (κ1) is 18.1. The van der Waals surface area contributed by atoms with Crippen LogP contribution in [0.1, 0.15) is 40.7 Å². The Balaban J connectivity index is 1.50. The molecule has 6 nitrogen and oxygen atoms in total. The van der Waals surface area contributed by atoms with Gasteiger partial charge in [0.2, 0.25) is 0 Å². The fraction of sp³-hybridized carbons (Fsp3) is 0.350. The SMILES string of the molecule is O=C(NCc1ccc(C[NH+]2CCCCC2)cc1)c1ccc([N+](=O)[O-])cc1. The van der Waals surface area contributed by atoms with Crippen LogP contribution < -0.4 is 10.2 Å². The molecule has 3 rings (SSSR count). The number of quaternary nitrogens is 1. The van der Waals surface area contributed by atoms with Crippen molar-refractivity contribution in [1.29, 1.82) is 0 Å². The Labute approximate surface area is 153 Å². The second kappa shape index (κ2) is 8.58. The molecule has 1 saturated heterocycles. The zero-order valence-corrected chi connectivity index (χ0v) is 14.7. The van der Waals surface area contributed by atoms with Crippen molar-refractivity contribution in [2.24, 2.45) is 0 Å². The number of nitrogens with zero attached hydrogens (tertiary/aromatic N) is 1. The predicted molar refractivity (Wildman–Crippen MR) is 99.0 cm³/mol. The summed E-state index contributed by atoms with van der Waals surface area (Å²) in [5.74, 6) is -0.235. The number of amides is 1. The molecule has 0 aliphatic carbocycles. The van der Waals surface area contributed by atoms with Crippen LogP contribution in [0.4, 0.5) is 5.69 Å². The number of nitro groups is 1. The van der Waals surface area contributed by atoms with Gasteiger partial charge in [-0.15, -0.1) is 0 Å². The van der Waals surface area contributed by atoms with Crippen LogP contribution in [0.15, 0.2) is 48.5 Å². The molecule has 0 bridgehead atoms. The fourth-order valence-electron chi connectivity index (χ4n) is 3.31. The lowest BCUT2D eigenvalue weighted by atomic mass is 10.1. The van der Waals surface area contributed by atoms with Gasteiger partial charge < -0.3 is 10.2 Å². The van der Waals surface area contributed by atoms with E-state index in [4.69, 9.17) is 0 Å². The lowest BCUT2D eigenvalue weighted by molar-refractivity contribution is -0.918. The average Bonchev–Trinajstić information content (AvgIpc) is 2.68. The molecule has 1 aliphatic rings. The van der Waals surface area contributed by atoms with Crippen LogP contribution in [0.25, 0.3) is 0 Å². The summed E-state index contributed by atoms with van der Waals surface area (Å²) in [4.78, 5) is 24.0. The molecule has 2 N–H and O–H groups in total. The summed E-state index contributed by atoms with van der Waals surface area (Å²) in [6, 6.07) is 14.0. The summed E-state index contributed by atoms with van der Waals surface area (Å²) in [5, 5.41) is 13.5. The van der Waals surface area contributed by atoms with Gasteiger partial charge in [-0.1, -0.05) is 24.3 Å². The smallest absolute Gasteiger partial charge is 0.269 e. The Bertz CT molecular complexity index is 751. The first-order chi connectivity index (χ1) is 12.6. The number of hydrogen-bond acceptors (Lipinski definition) is 3. The molecule has 0 unspecified atom stereocenters. The first-order valence-corrected chi connectivity index (χ1v) is 9.06.